The van der Waals surface area contributed by atoms with Gasteiger partial charge in [-0.25, -0.2) is 4.39 Å². The molecule has 2 heteroatoms. The zero-order chi connectivity index (χ0) is 10.7. The smallest absolute Gasteiger partial charge is 0.123 e. The van der Waals surface area contributed by atoms with Crippen LogP contribution in [0.4, 0.5) is 4.39 Å². The molecule has 0 saturated carbocycles. The molecule has 1 atom stereocenters. The first-order valence-electron chi connectivity index (χ1n) is 5.22. The number of halogens is 1. The van der Waals surface area contributed by atoms with Crippen LogP contribution in [-0.2, 0) is 6.42 Å². The largest absolute Gasteiger partial charge is 0.299 e. The Labute approximate surface area is 89.7 Å². The molecule has 15 heavy (non-hydrogen) atoms. The Hall–Kier alpha value is -1.33. The van der Waals surface area contributed by atoms with Gasteiger partial charge >= 0.3 is 0 Å². The van der Waals surface area contributed by atoms with Crippen molar-refractivity contribution in [2.24, 2.45) is 0 Å². The molecular formula is C13H14FN. The molecular weight excluding hydrogens is 189 g/mol. The van der Waals surface area contributed by atoms with E-state index in [1.807, 2.05) is 13.0 Å². The van der Waals surface area contributed by atoms with Crippen LogP contribution in [-0.4, -0.2) is 6.54 Å². The van der Waals surface area contributed by atoms with E-state index >= 15 is 0 Å². The fraction of sp³-hybridized carbons (Fsp3) is 0.385. The summed E-state index contributed by atoms with van der Waals surface area (Å²) in [5.41, 5.74) is 2.37. The topological polar surface area (TPSA) is 12.0 Å². The van der Waals surface area contributed by atoms with Crippen molar-refractivity contribution in [3.05, 3.63) is 35.1 Å². The second-order valence-corrected chi connectivity index (χ2v) is 3.74. The normalized spacial score (nSPS) is 18.1. The molecule has 1 N–H and O–H groups in total. The summed E-state index contributed by atoms with van der Waals surface area (Å²) in [7, 11) is 0. The summed E-state index contributed by atoms with van der Waals surface area (Å²) < 4.78 is 13.1. The van der Waals surface area contributed by atoms with Crippen molar-refractivity contribution in [1.82, 2.24) is 5.32 Å². The van der Waals surface area contributed by atoms with Crippen LogP contribution >= 0.6 is 0 Å². The number of hydrogen-bond acceptors (Lipinski definition) is 1. The van der Waals surface area contributed by atoms with Crippen molar-refractivity contribution in [2.75, 3.05) is 6.54 Å². The van der Waals surface area contributed by atoms with Crippen LogP contribution in [0.2, 0.25) is 0 Å². The quantitative estimate of drug-likeness (QED) is 0.728. The van der Waals surface area contributed by atoms with Gasteiger partial charge in [0.1, 0.15) is 5.82 Å². The van der Waals surface area contributed by atoms with Gasteiger partial charge in [-0.05, 0) is 43.0 Å². The maximum absolute atomic E-state index is 13.1. The van der Waals surface area contributed by atoms with Crippen molar-refractivity contribution in [3.8, 4) is 11.8 Å². The number of rotatable bonds is 2. The van der Waals surface area contributed by atoms with Gasteiger partial charge in [0.2, 0.25) is 0 Å². The summed E-state index contributed by atoms with van der Waals surface area (Å²) in [4.78, 5) is 0. The SMILES string of the molecule is CC#CCNC1CCc2ccc(F)cc21. The average Bonchev–Trinajstić information content (AvgIpc) is 2.62. The maximum Gasteiger partial charge on any atom is 0.123 e. The highest BCUT2D eigenvalue weighted by Crippen LogP contribution is 2.31. The summed E-state index contributed by atoms with van der Waals surface area (Å²) in [5.74, 6) is 5.66. The molecule has 0 saturated heterocycles. The molecule has 1 aromatic carbocycles. The van der Waals surface area contributed by atoms with Crippen LogP contribution in [0.5, 0.6) is 0 Å². The first kappa shape index (κ1) is 10.2. The van der Waals surface area contributed by atoms with Gasteiger partial charge < -0.3 is 0 Å². The fourth-order valence-corrected chi connectivity index (χ4v) is 2.05. The third-order valence-electron chi connectivity index (χ3n) is 2.80. The van der Waals surface area contributed by atoms with E-state index in [0.29, 0.717) is 6.54 Å². The van der Waals surface area contributed by atoms with Gasteiger partial charge in [0.05, 0.1) is 6.54 Å². The number of aryl methyl sites for hydroxylation is 1. The lowest BCUT2D eigenvalue weighted by Crippen LogP contribution is -2.19. The number of benzene rings is 1. The lowest BCUT2D eigenvalue weighted by molar-refractivity contribution is 0.562. The minimum absolute atomic E-state index is 0.149. The van der Waals surface area contributed by atoms with Gasteiger partial charge in [-0.15, -0.1) is 5.92 Å². The second-order valence-electron chi connectivity index (χ2n) is 3.74. The molecule has 0 amide bonds. The third kappa shape index (κ3) is 2.19. The van der Waals surface area contributed by atoms with E-state index in [0.717, 1.165) is 18.4 Å². The molecule has 1 nitrogen and oxygen atoms in total. The Morgan fingerprint density at radius 3 is 3.20 bits per heavy atom. The zero-order valence-corrected chi connectivity index (χ0v) is 8.81. The number of nitrogens with one attached hydrogen (secondary N) is 1. The van der Waals surface area contributed by atoms with Crippen molar-refractivity contribution in [1.29, 1.82) is 0 Å². The molecule has 0 heterocycles. The monoisotopic (exact) mass is 203 g/mol. The highest BCUT2D eigenvalue weighted by Gasteiger charge is 2.21. The lowest BCUT2D eigenvalue weighted by atomic mass is 10.1. The maximum atomic E-state index is 13.1. The van der Waals surface area contributed by atoms with Crippen molar-refractivity contribution in [3.63, 3.8) is 0 Å². The molecule has 0 bridgehead atoms. The highest BCUT2D eigenvalue weighted by molar-refractivity contribution is 5.35. The van der Waals surface area contributed by atoms with E-state index in [-0.39, 0.29) is 11.9 Å². The molecule has 0 aliphatic heterocycles. The summed E-state index contributed by atoms with van der Waals surface area (Å²) in [5, 5.41) is 3.33. The molecule has 0 radical (unpaired) electrons. The van der Waals surface area contributed by atoms with E-state index in [4.69, 9.17) is 0 Å². The number of fused-ring (bicyclic) bond motifs is 1. The minimum Gasteiger partial charge on any atom is -0.299 e. The van der Waals surface area contributed by atoms with Crippen LogP contribution in [0.25, 0.3) is 0 Å². The lowest BCUT2D eigenvalue weighted by Gasteiger charge is -2.11. The minimum atomic E-state index is -0.149. The van der Waals surface area contributed by atoms with Gasteiger partial charge in [0.15, 0.2) is 0 Å². The summed E-state index contributed by atoms with van der Waals surface area (Å²) in [6.07, 6.45) is 2.08. The van der Waals surface area contributed by atoms with Crippen LogP contribution in [0.15, 0.2) is 18.2 Å². The Kier molecular flexibility index (Phi) is 3.03. The molecule has 1 aromatic rings. The molecule has 0 spiro atoms. The zero-order valence-electron chi connectivity index (χ0n) is 8.81. The van der Waals surface area contributed by atoms with Crippen molar-refractivity contribution in [2.45, 2.75) is 25.8 Å². The third-order valence-corrected chi connectivity index (χ3v) is 2.80. The van der Waals surface area contributed by atoms with Crippen LogP contribution in [0, 0.1) is 17.7 Å². The predicted octanol–water partition coefficient (Wildman–Crippen LogP) is 2.43. The van der Waals surface area contributed by atoms with E-state index in [1.54, 1.807) is 6.07 Å². The van der Waals surface area contributed by atoms with Gasteiger partial charge in [-0.1, -0.05) is 12.0 Å². The standard InChI is InChI=1S/C13H14FN/c1-2-3-8-15-13-7-5-10-4-6-11(14)9-12(10)13/h4,6,9,13,15H,5,7-8H2,1H3. The first-order chi connectivity index (χ1) is 7.31. The molecule has 0 fully saturated rings. The van der Waals surface area contributed by atoms with E-state index in [1.165, 1.54) is 11.6 Å². The molecule has 1 aliphatic carbocycles. The van der Waals surface area contributed by atoms with E-state index in [9.17, 15) is 4.39 Å². The highest BCUT2D eigenvalue weighted by atomic mass is 19.1. The number of hydrogen-bond donors (Lipinski definition) is 1. The Bertz CT molecular complexity index is 414. The van der Waals surface area contributed by atoms with Crippen LogP contribution in [0.3, 0.4) is 0 Å². The van der Waals surface area contributed by atoms with Gasteiger partial charge in [-0.2, -0.15) is 0 Å². The molecule has 1 unspecified atom stereocenters. The van der Waals surface area contributed by atoms with E-state index in [2.05, 4.69) is 17.2 Å². The summed E-state index contributed by atoms with van der Waals surface area (Å²) >= 11 is 0. The van der Waals surface area contributed by atoms with Crippen LogP contribution in [0.1, 0.15) is 30.5 Å². The average molecular weight is 203 g/mol. The molecule has 2 rings (SSSR count). The Balaban J connectivity index is 2.12. The second kappa shape index (κ2) is 4.46. The van der Waals surface area contributed by atoms with Gasteiger partial charge in [0.25, 0.3) is 0 Å². The van der Waals surface area contributed by atoms with Crippen LogP contribution < -0.4 is 5.32 Å². The summed E-state index contributed by atoms with van der Waals surface area (Å²) in [6, 6.07) is 5.33. The molecule has 78 valence electrons. The van der Waals surface area contributed by atoms with Crippen molar-refractivity contribution >= 4 is 0 Å². The molecule has 0 aromatic heterocycles. The van der Waals surface area contributed by atoms with Crippen molar-refractivity contribution < 1.29 is 4.39 Å². The Morgan fingerprint density at radius 1 is 1.53 bits per heavy atom. The van der Waals surface area contributed by atoms with Gasteiger partial charge in [-0.3, -0.25) is 5.32 Å². The Morgan fingerprint density at radius 2 is 2.40 bits per heavy atom. The summed E-state index contributed by atoms with van der Waals surface area (Å²) in [6.45, 7) is 2.50. The predicted molar refractivity (Wildman–Crippen MR) is 58.9 cm³/mol. The first-order valence-corrected chi connectivity index (χ1v) is 5.22. The van der Waals surface area contributed by atoms with Gasteiger partial charge in [0, 0.05) is 6.04 Å². The fourth-order valence-electron chi connectivity index (χ4n) is 2.05. The molecule has 1 aliphatic rings. The van der Waals surface area contributed by atoms with E-state index < -0.39 is 0 Å².